The zero-order valence-corrected chi connectivity index (χ0v) is 13.5. The number of nitrogens with one attached hydrogen (secondary N) is 1. The number of hydrogen-bond donors (Lipinski definition) is 2. The molecule has 4 heteroatoms. The van der Waals surface area contributed by atoms with Gasteiger partial charge in [-0.25, -0.2) is 0 Å². The molecule has 0 saturated heterocycles. The van der Waals surface area contributed by atoms with Gasteiger partial charge in [0.15, 0.2) is 0 Å². The van der Waals surface area contributed by atoms with Gasteiger partial charge in [0.1, 0.15) is 0 Å². The van der Waals surface area contributed by atoms with E-state index in [0.717, 1.165) is 36.9 Å². The van der Waals surface area contributed by atoms with Crippen LogP contribution in [0.3, 0.4) is 0 Å². The third-order valence-corrected chi connectivity index (χ3v) is 3.78. The molecule has 108 valence electrons. The Morgan fingerprint density at radius 1 is 1.32 bits per heavy atom. The van der Waals surface area contributed by atoms with E-state index in [-0.39, 0.29) is 6.61 Å². The number of aliphatic hydroxyl groups excluding tert-OH is 1. The lowest BCUT2D eigenvalue weighted by Gasteiger charge is -2.24. The minimum Gasteiger partial charge on any atom is -0.395 e. The molecule has 1 atom stereocenters. The molecule has 1 aromatic rings. The second-order valence-electron chi connectivity index (χ2n) is 4.75. The summed E-state index contributed by atoms with van der Waals surface area (Å²) in [5, 5.41) is 12.5. The van der Waals surface area contributed by atoms with Gasteiger partial charge in [-0.15, -0.1) is 0 Å². The first kappa shape index (κ1) is 16.6. The van der Waals surface area contributed by atoms with Crippen LogP contribution in [0.4, 0.5) is 0 Å². The molecule has 1 aromatic carbocycles. The Morgan fingerprint density at radius 3 is 2.68 bits per heavy atom. The topological polar surface area (TPSA) is 35.5 Å². The van der Waals surface area contributed by atoms with Gasteiger partial charge in [-0.3, -0.25) is 0 Å². The van der Waals surface area contributed by atoms with Gasteiger partial charge in [0, 0.05) is 23.6 Å². The molecule has 0 heterocycles. The van der Waals surface area contributed by atoms with E-state index in [4.69, 9.17) is 5.11 Å². The molecule has 0 radical (unpaired) electrons. The second-order valence-corrected chi connectivity index (χ2v) is 5.67. The lowest BCUT2D eigenvalue weighted by Crippen LogP contribution is -2.31. The van der Waals surface area contributed by atoms with Gasteiger partial charge in [0.2, 0.25) is 0 Å². The summed E-state index contributed by atoms with van der Waals surface area (Å²) in [6, 6.07) is 8.79. The van der Waals surface area contributed by atoms with Crippen molar-refractivity contribution in [2.45, 2.75) is 25.8 Å². The van der Waals surface area contributed by atoms with Crippen molar-refractivity contribution in [3.8, 4) is 0 Å². The molecule has 0 bridgehead atoms. The molecule has 3 nitrogen and oxygen atoms in total. The second kappa shape index (κ2) is 9.48. The van der Waals surface area contributed by atoms with Crippen molar-refractivity contribution >= 4 is 15.9 Å². The van der Waals surface area contributed by atoms with Crippen LogP contribution in [-0.4, -0.2) is 43.3 Å². The molecular formula is C15H25BrN2O. The van der Waals surface area contributed by atoms with Gasteiger partial charge in [-0.2, -0.15) is 0 Å². The molecule has 0 spiro atoms. The van der Waals surface area contributed by atoms with Gasteiger partial charge in [0.05, 0.1) is 6.61 Å². The van der Waals surface area contributed by atoms with Crippen LogP contribution in [-0.2, 0) is 0 Å². The monoisotopic (exact) mass is 328 g/mol. The quantitative estimate of drug-likeness (QED) is 0.731. The molecule has 0 aromatic heterocycles. The molecule has 0 aliphatic rings. The number of nitrogens with zero attached hydrogens (tertiary/aromatic N) is 1. The lowest BCUT2D eigenvalue weighted by molar-refractivity contribution is 0.190. The Labute approximate surface area is 125 Å². The smallest absolute Gasteiger partial charge is 0.0558 e. The molecule has 1 rings (SSSR count). The van der Waals surface area contributed by atoms with E-state index in [1.807, 2.05) is 13.1 Å². The predicted octanol–water partition coefficient (Wildman–Crippen LogP) is 2.80. The van der Waals surface area contributed by atoms with Crippen molar-refractivity contribution in [3.63, 3.8) is 0 Å². The van der Waals surface area contributed by atoms with Gasteiger partial charge in [-0.1, -0.05) is 35.0 Å². The summed E-state index contributed by atoms with van der Waals surface area (Å²) in [4.78, 5) is 2.32. The van der Waals surface area contributed by atoms with Crippen molar-refractivity contribution in [2.75, 3.05) is 33.3 Å². The molecule has 0 amide bonds. The molecular weight excluding hydrogens is 304 g/mol. The van der Waals surface area contributed by atoms with E-state index >= 15 is 0 Å². The fourth-order valence-corrected chi connectivity index (χ4v) is 2.72. The average Bonchev–Trinajstić information content (AvgIpc) is 2.40. The molecule has 0 fully saturated rings. The SMILES string of the molecule is CCCN(CCO)CCC(NC)c1cccc(Br)c1. The predicted molar refractivity (Wildman–Crippen MR) is 84.4 cm³/mol. The van der Waals surface area contributed by atoms with Gasteiger partial charge < -0.3 is 15.3 Å². The van der Waals surface area contributed by atoms with Crippen LogP contribution in [0.25, 0.3) is 0 Å². The van der Waals surface area contributed by atoms with E-state index in [1.165, 1.54) is 5.56 Å². The maximum absolute atomic E-state index is 9.08. The molecule has 0 saturated carbocycles. The van der Waals surface area contributed by atoms with Crippen LogP contribution >= 0.6 is 15.9 Å². The first-order valence-electron chi connectivity index (χ1n) is 6.97. The highest BCUT2D eigenvalue weighted by Gasteiger charge is 2.11. The first-order valence-corrected chi connectivity index (χ1v) is 7.76. The Morgan fingerprint density at radius 2 is 2.11 bits per heavy atom. The minimum absolute atomic E-state index is 0.237. The highest BCUT2D eigenvalue weighted by molar-refractivity contribution is 9.10. The summed E-state index contributed by atoms with van der Waals surface area (Å²) in [6.45, 7) is 5.24. The van der Waals surface area contributed by atoms with Crippen LogP contribution in [0.1, 0.15) is 31.4 Å². The van der Waals surface area contributed by atoms with Crippen molar-refractivity contribution in [1.29, 1.82) is 0 Å². The number of benzene rings is 1. The summed E-state index contributed by atoms with van der Waals surface area (Å²) < 4.78 is 1.12. The number of halogens is 1. The molecule has 2 N–H and O–H groups in total. The third kappa shape index (κ3) is 6.04. The summed E-state index contributed by atoms with van der Waals surface area (Å²) in [7, 11) is 2.00. The van der Waals surface area contributed by atoms with Crippen LogP contribution in [0.15, 0.2) is 28.7 Å². The minimum atomic E-state index is 0.237. The van der Waals surface area contributed by atoms with Crippen molar-refractivity contribution in [3.05, 3.63) is 34.3 Å². The van der Waals surface area contributed by atoms with Gasteiger partial charge in [0.25, 0.3) is 0 Å². The van der Waals surface area contributed by atoms with E-state index < -0.39 is 0 Å². The summed E-state index contributed by atoms with van der Waals surface area (Å²) in [5.74, 6) is 0. The summed E-state index contributed by atoms with van der Waals surface area (Å²) in [6.07, 6.45) is 2.17. The number of rotatable bonds is 9. The Kier molecular flexibility index (Phi) is 8.30. The average molecular weight is 329 g/mol. The maximum atomic E-state index is 9.08. The number of hydrogen-bond acceptors (Lipinski definition) is 3. The zero-order chi connectivity index (χ0) is 14.1. The fourth-order valence-electron chi connectivity index (χ4n) is 2.31. The van der Waals surface area contributed by atoms with Gasteiger partial charge in [-0.05, 0) is 44.1 Å². The third-order valence-electron chi connectivity index (χ3n) is 3.29. The Balaban J connectivity index is 2.56. The Bertz CT molecular complexity index is 354. The van der Waals surface area contributed by atoms with E-state index in [0.29, 0.717) is 6.04 Å². The van der Waals surface area contributed by atoms with Crippen molar-refractivity contribution < 1.29 is 5.11 Å². The maximum Gasteiger partial charge on any atom is 0.0558 e. The lowest BCUT2D eigenvalue weighted by atomic mass is 10.0. The normalized spacial score (nSPS) is 12.9. The van der Waals surface area contributed by atoms with Crippen LogP contribution in [0.5, 0.6) is 0 Å². The Hall–Kier alpha value is -0.420. The molecule has 0 aliphatic heterocycles. The highest BCUT2D eigenvalue weighted by Crippen LogP contribution is 2.20. The largest absolute Gasteiger partial charge is 0.395 e. The molecule has 1 unspecified atom stereocenters. The standard InChI is InChI=1S/C15H25BrN2O/c1-3-8-18(10-11-19)9-7-15(17-2)13-5-4-6-14(16)12-13/h4-6,12,15,17,19H,3,7-11H2,1-2H3. The van der Waals surface area contributed by atoms with Crippen LogP contribution < -0.4 is 5.32 Å². The molecule has 0 aliphatic carbocycles. The fraction of sp³-hybridized carbons (Fsp3) is 0.600. The molecule has 19 heavy (non-hydrogen) atoms. The summed E-state index contributed by atoms with van der Waals surface area (Å²) >= 11 is 3.52. The van der Waals surface area contributed by atoms with E-state index in [1.54, 1.807) is 0 Å². The van der Waals surface area contributed by atoms with E-state index in [2.05, 4.69) is 51.3 Å². The highest BCUT2D eigenvalue weighted by atomic mass is 79.9. The van der Waals surface area contributed by atoms with Crippen LogP contribution in [0, 0.1) is 0 Å². The first-order chi connectivity index (χ1) is 9.21. The zero-order valence-electron chi connectivity index (χ0n) is 11.9. The van der Waals surface area contributed by atoms with E-state index in [9.17, 15) is 0 Å². The van der Waals surface area contributed by atoms with Gasteiger partial charge >= 0.3 is 0 Å². The summed E-state index contributed by atoms with van der Waals surface area (Å²) in [5.41, 5.74) is 1.30. The van der Waals surface area contributed by atoms with Crippen LogP contribution in [0.2, 0.25) is 0 Å². The number of aliphatic hydroxyl groups is 1. The van der Waals surface area contributed by atoms with Crippen molar-refractivity contribution in [1.82, 2.24) is 10.2 Å². The van der Waals surface area contributed by atoms with Crippen molar-refractivity contribution in [2.24, 2.45) is 0 Å².